The van der Waals surface area contributed by atoms with Crippen LogP contribution in [0.3, 0.4) is 0 Å². The first-order valence-corrected chi connectivity index (χ1v) is 8.46. The van der Waals surface area contributed by atoms with Gasteiger partial charge in [0.2, 0.25) is 0 Å². The van der Waals surface area contributed by atoms with E-state index >= 15 is 0 Å². The first-order valence-electron chi connectivity index (χ1n) is 8.46. The molecule has 0 unspecified atom stereocenters. The number of carbonyl (C=O) groups excluding carboxylic acids is 1. The molecule has 0 spiro atoms. The monoisotopic (exact) mass is 318 g/mol. The van der Waals surface area contributed by atoms with Crippen LogP contribution in [0.4, 0.5) is 0 Å². The number of carbonyl (C=O) groups is 1. The van der Waals surface area contributed by atoms with Gasteiger partial charge in [0.05, 0.1) is 12.1 Å². The molecule has 2 fully saturated rings. The van der Waals surface area contributed by atoms with Gasteiger partial charge in [0.1, 0.15) is 12.0 Å². The molecule has 1 aromatic heterocycles. The highest BCUT2D eigenvalue weighted by Gasteiger charge is 2.43. The van der Waals surface area contributed by atoms with E-state index in [-0.39, 0.29) is 18.1 Å². The van der Waals surface area contributed by atoms with Gasteiger partial charge in [-0.1, -0.05) is 0 Å². The second kappa shape index (κ2) is 6.93. The van der Waals surface area contributed by atoms with Crippen molar-refractivity contribution in [2.45, 2.75) is 44.9 Å². The number of ether oxygens (including phenoxy) is 1. The number of likely N-dealkylation sites (N-methyl/N-ethyl adjacent to an activating group) is 1. The summed E-state index contributed by atoms with van der Waals surface area (Å²) in [6.45, 7) is 6.66. The molecule has 2 saturated heterocycles. The number of hydrogen-bond acceptors (Lipinski definition) is 5. The Balaban J connectivity index is 1.81. The van der Waals surface area contributed by atoms with E-state index in [4.69, 9.17) is 4.74 Å². The van der Waals surface area contributed by atoms with Gasteiger partial charge in [-0.3, -0.25) is 9.69 Å². The Kier molecular flexibility index (Phi) is 4.92. The lowest BCUT2D eigenvalue weighted by molar-refractivity contribution is -0.108. The molecule has 0 radical (unpaired) electrons. The molecule has 6 nitrogen and oxygen atoms in total. The van der Waals surface area contributed by atoms with E-state index in [1.165, 1.54) is 6.33 Å². The quantitative estimate of drug-likeness (QED) is 0.844. The molecule has 0 aliphatic carbocycles. The number of fused-ring (bicyclic) bond motifs is 1. The second-order valence-corrected chi connectivity index (χ2v) is 6.87. The molecule has 1 amide bonds. The summed E-state index contributed by atoms with van der Waals surface area (Å²) < 4.78 is 6.09. The number of piperidine rings is 1. The highest BCUT2D eigenvalue weighted by Crippen LogP contribution is 2.31. The van der Waals surface area contributed by atoms with E-state index in [2.05, 4.69) is 35.8 Å². The summed E-state index contributed by atoms with van der Waals surface area (Å²) in [4.78, 5) is 25.1. The fourth-order valence-electron chi connectivity index (χ4n) is 3.66. The van der Waals surface area contributed by atoms with Gasteiger partial charge in [0.15, 0.2) is 0 Å². The highest BCUT2D eigenvalue weighted by molar-refractivity contribution is 5.92. The molecular formula is C17H26N4O2. The highest BCUT2D eigenvalue weighted by atomic mass is 16.5. The first-order chi connectivity index (χ1) is 11.1. The van der Waals surface area contributed by atoms with Gasteiger partial charge in [-0.15, -0.1) is 0 Å². The van der Waals surface area contributed by atoms with Crippen molar-refractivity contribution in [1.82, 2.24) is 19.8 Å². The Morgan fingerprint density at radius 2 is 2.26 bits per heavy atom. The van der Waals surface area contributed by atoms with Crippen LogP contribution in [0.2, 0.25) is 0 Å². The lowest BCUT2D eigenvalue weighted by Crippen LogP contribution is -2.62. The van der Waals surface area contributed by atoms with E-state index in [1.807, 2.05) is 4.90 Å². The van der Waals surface area contributed by atoms with E-state index in [0.29, 0.717) is 24.2 Å². The molecule has 6 heteroatoms. The fraction of sp³-hybridized carbons (Fsp3) is 0.706. The zero-order valence-corrected chi connectivity index (χ0v) is 14.2. The van der Waals surface area contributed by atoms with Crippen molar-refractivity contribution in [3.8, 4) is 0 Å². The summed E-state index contributed by atoms with van der Waals surface area (Å²) in [5, 5.41) is 0. The molecule has 23 heavy (non-hydrogen) atoms. The van der Waals surface area contributed by atoms with Gasteiger partial charge < -0.3 is 9.64 Å². The SMILES string of the molecule is CC(C)N(C)[C@@H]1CN(C(=O)c2ccncn2)C[C@@H]2CCCO[C@@H]21. The maximum Gasteiger partial charge on any atom is 0.272 e. The van der Waals surface area contributed by atoms with Crippen LogP contribution < -0.4 is 0 Å². The molecule has 0 bridgehead atoms. The van der Waals surface area contributed by atoms with Crippen LogP contribution in [-0.2, 0) is 4.74 Å². The van der Waals surface area contributed by atoms with Gasteiger partial charge in [0, 0.05) is 37.9 Å². The standard InChI is InChI=1S/C17H26N4O2/c1-12(2)20(3)15-10-21(9-13-5-4-8-23-16(13)15)17(22)14-6-7-18-11-19-14/h6-7,11-13,15-16H,4-5,8-10H2,1-3H3/t13-,15+,16-/m0/s1. The van der Waals surface area contributed by atoms with Crippen LogP contribution in [-0.4, -0.2) is 70.6 Å². The van der Waals surface area contributed by atoms with Crippen molar-refractivity contribution in [3.05, 3.63) is 24.3 Å². The molecular weight excluding hydrogens is 292 g/mol. The zero-order chi connectivity index (χ0) is 16.4. The van der Waals surface area contributed by atoms with Gasteiger partial charge in [-0.2, -0.15) is 0 Å². The largest absolute Gasteiger partial charge is 0.376 e. The predicted molar refractivity (Wildman–Crippen MR) is 87.1 cm³/mol. The van der Waals surface area contributed by atoms with Gasteiger partial charge in [0.25, 0.3) is 5.91 Å². The molecule has 0 aromatic carbocycles. The Labute approximate surface area is 137 Å². The summed E-state index contributed by atoms with van der Waals surface area (Å²) >= 11 is 0. The fourth-order valence-corrected chi connectivity index (χ4v) is 3.66. The summed E-state index contributed by atoms with van der Waals surface area (Å²) in [5.74, 6) is 0.410. The maximum atomic E-state index is 12.8. The molecule has 0 saturated carbocycles. The van der Waals surface area contributed by atoms with E-state index in [0.717, 1.165) is 26.0 Å². The average molecular weight is 318 g/mol. The normalized spacial score (nSPS) is 28.0. The van der Waals surface area contributed by atoms with Crippen LogP contribution >= 0.6 is 0 Å². The summed E-state index contributed by atoms with van der Waals surface area (Å²) in [6, 6.07) is 2.34. The number of hydrogen-bond donors (Lipinski definition) is 0. The topological polar surface area (TPSA) is 58.6 Å². The Morgan fingerprint density at radius 3 is 2.96 bits per heavy atom. The van der Waals surface area contributed by atoms with Gasteiger partial charge in [-0.05, 0) is 39.8 Å². The zero-order valence-electron chi connectivity index (χ0n) is 14.2. The minimum Gasteiger partial charge on any atom is -0.376 e. The number of rotatable bonds is 3. The molecule has 126 valence electrons. The smallest absolute Gasteiger partial charge is 0.272 e. The molecule has 3 heterocycles. The van der Waals surface area contributed by atoms with Crippen LogP contribution in [0.5, 0.6) is 0 Å². The minimum atomic E-state index is -0.00132. The third kappa shape index (κ3) is 3.38. The predicted octanol–water partition coefficient (Wildman–Crippen LogP) is 1.44. The van der Waals surface area contributed by atoms with Crippen molar-refractivity contribution in [2.24, 2.45) is 5.92 Å². The molecule has 0 N–H and O–H groups in total. The van der Waals surface area contributed by atoms with Crippen LogP contribution in [0.1, 0.15) is 37.2 Å². The van der Waals surface area contributed by atoms with Gasteiger partial charge >= 0.3 is 0 Å². The Morgan fingerprint density at radius 1 is 1.43 bits per heavy atom. The lowest BCUT2D eigenvalue weighted by atomic mass is 9.84. The van der Waals surface area contributed by atoms with E-state index in [9.17, 15) is 4.79 Å². The molecule has 2 aliphatic heterocycles. The number of aromatic nitrogens is 2. The van der Waals surface area contributed by atoms with Crippen LogP contribution in [0.25, 0.3) is 0 Å². The number of amides is 1. The van der Waals surface area contributed by atoms with E-state index in [1.54, 1.807) is 12.3 Å². The summed E-state index contributed by atoms with van der Waals surface area (Å²) in [6.07, 6.45) is 5.48. The summed E-state index contributed by atoms with van der Waals surface area (Å²) in [7, 11) is 2.13. The number of nitrogens with zero attached hydrogens (tertiary/aromatic N) is 4. The third-order valence-corrected chi connectivity index (χ3v) is 5.16. The Hall–Kier alpha value is -1.53. The third-order valence-electron chi connectivity index (χ3n) is 5.16. The van der Waals surface area contributed by atoms with Crippen molar-refractivity contribution in [1.29, 1.82) is 0 Å². The van der Waals surface area contributed by atoms with Crippen LogP contribution in [0.15, 0.2) is 18.6 Å². The number of likely N-dealkylation sites (tertiary alicyclic amines) is 1. The van der Waals surface area contributed by atoms with Crippen molar-refractivity contribution in [2.75, 3.05) is 26.7 Å². The summed E-state index contributed by atoms with van der Waals surface area (Å²) in [5.41, 5.74) is 0.473. The second-order valence-electron chi connectivity index (χ2n) is 6.87. The van der Waals surface area contributed by atoms with Crippen molar-refractivity contribution >= 4 is 5.91 Å². The average Bonchev–Trinajstić information content (AvgIpc) is 2.60. The van der Waals surface area contributed by atoms with Crippen molar-refractivity contribution in [3.63, 3.8) is 0 Å². The molecule has 1 aromatic rings. The minimum absolute atomic E-state index is 0.00132. The van der Waals surface area contributed by atoms with Crippen molar-refractivity contribution < 1.29 is 9.53 Å². The van der Waals surface area contributed by atoms with Crippen LogP contribution in [0, 0.1) is 5.92 Å². The first kappa shape index (κ1) is 16.3. The molecule has 3 atom stereocenters. The van der Waals surface area contributed by atoms with E-state index < -0.39 is 0 Å². The molecule has 3 rings (SSSR count). The lowest BCUT2D eigenvalue weighted by Gasteiger charge is -2.49. The Bertz CT molecular complexity index is 537. The molecule has 2 aliphatic rings. The maximum absolute atomic E-state index is 12.8. The van der Waals surface area contributed by atoms with Gasteiger partial charge in [-0.25, -0.2) is 9.97 Å².